The van der Waals surface area contributed by atoms with Crippen LogP contribution in [-0.4, -0.2) is 19.0 Å². The molecule has 3 aromatic carbocycles. The summed E-state index contributed by atoms with van der Waals surface area (Å²) in [5, 5.41) is 0.700. The first kappa shape index (κ1) is 23.1. The number of rotatable bonds is 9. The van der Waals surface area contributed by atoms with E-state index < -0.39 is 0 Å². The molecule has 4 nitrogen and oxygen atoms in total. The molecule has 0 aromatic heterocycles. The molecule has 170 valence electrons. The smallest absolute Gasteiger partial charge is 0.184 e. The molecule has 0 saturated carbocycles. The zero-order valence-corrected chi connectivity index (χ0v) is 19.3. The fraction of sp³-hybridized carbons (Fsp3) is 0.250. The van der Waals surface area contributed by atoms with E-state index in [1.54, 1.807) is 6.08 Å². The van der Waals surface area contributed by atoms with Crippen molar-refractivity contribution in [3.05, 3.63) is 112 Å². The van der Waals surface area contributed by atoms with Crippen LogP contribution in [-0.2, 0) is 27.3 Å². The van der Waals surface area contributed by atoms with E-state index in [-0.39, 0.29) is 12.2 Å². The molecule has 2 atom stereocenters. The third-order valence-electron chi connectivity index (χ3n) is 5.57. The lowest BCUT2D eigenvalue weighted by atomic mass is 9.96. The summed E-state index contributed by atoms with van der Waals surface area (Å²) in [4.78, 5) is 11.5. The maximum atomic E-state index is 11.5. The molecule has 4 rings (SSSR count). The van der Waals surface area contributed by atoms with Crippen molar-refractivity contribution in [2.24, 2.45) is 0 Å². The lowest BCUT2D eigenvalue weighted by Gasteiger charge is -2.28. The first-order valence-electron chi connectivity index (χ1n) is 11.1. The molecule has 1 aliphatic heterocycles. The molecule has 0 N–H and O–H groups in total. The Bertz CT molecular complexity index is 1090. The summed E-state index contributed by atoms with van der Waals surface area (Å²) in [5.41, 5.74) is 4.21. The molecule has 0 radical (unpaired) electrons. The average molecular weight is 463 g/mol. The van der Waals surface area contributed by atoms with Crippen LogP contribution < -0.4 is 4.74 Å². The van der Waals surface area contributed by atoms with Gasteiger partial charge in [-0.25, -0.2) is 0 Å². The Hall–Kier alpha value is -3.08. The van der Waals surface area contributed by atoms with Gasteiger partial charge >= 0.3 is 0 Å². The third-order valence-corrected chi connectivity index (χ3v) is 5.94. The summed E-state index contributed by atoms with van der Waals surface area (Å²) >= 11 is 6.51. The zero-order chi connectivity index (χ0) is 23.0. The van der Waals surface area contributed by atoms with Crippen LogP contribution in [0.15, 0.2) is 84.6 Å². The Morgan fingerprint density at radius 3 is 2.55 bits per heavy atom. The van der Waals surface area contributed by atoms with Gasteiger partial charge in [0.2, 0.25) is 0 Å². The second-order valence-corrected chi connectivity index (χ2v) is 8.38. The van der Waals surface area contributed by atoms with E-state index in [0.717, 1.165) is 34.3 Å². The first-order valence-corrected chi connectivity index (χ1v) is 11.5. The monoisotopic (exact) mass is 462 g/mol. The summed E-state index contributed by atoms with van der Waals surface area (Å²) < 4.78 is 17.5. The number of aldehydes is 1. The highest BCUT2D eigenvalue weighted by Crippen LogP contribution is 2.34. The largest absolute Gasteiger partial charge is 0.494 e. The molecule has 1 heterocycles. The zero-order valence-electron chi connectivity index (χ0n) is 18.6. The molecule has 0 aliphatic carbocycles. The molecule has 0 spiro atoms. The van der Waals surface area contributed by atoms with Gasteiger partial charge in [-0.2, -0.15) is 0 Å². The lowest BCUT2D eigenvalue weighted by molar-refractivity contribution is -0.110. The summed E-state index contributed by atoms with van der Waals surface area (Å²) in [7, 11) is 0. The predicted molar refractivity (Wildman–Crippen MR) is 129 cm³/mol. The van der Waals surface area contributed by atoms with E-state index >= 15 is 0 Å². The number of allylic oxidation sites excluding steroid dienone is 1. The molecule has 33 heavy (non-hydrogen) atoms. The average Bonchev–Trinajstić information content (AvgIpc) is 2.86. The maximum Gasteiger partial charge on any atom is 0.184 e. The van der Waals surface area contributed by atoms with Crippen LogP contribution in [0.2, 0.25) is 5.02 Å². The van der Waals surface area contributed by atoms with Crippen LogP contribution in [0, 0.1) is 0 Å². The molecule has 1 aliphatic rings. The highest BCUT2D eigenvalue weighted by molar-refractivity contribution is 6.31. The van der Waals surface area contributed by atoms with Gasteiger partial charge < -0.3 is 14.2 Å². The standard InChI is InChI=1S/C28H27ClO4/c1-2-31-24-11-8-20(9-12-24)14-23-15-22(10-13-27(23)29)28-17-25(16-26(18-30)33-28)32-19-21-6-4-3-5-7-21/h3-13,15-16,18,25,28H,2,14,17,19H2,1H3/t25?,28-/m1/s1. The minimum atomic E-state index is -0.285. The number of halogens is 1. The number of hydrogen-bond acceptors (Lipinski definition) is 4. The van der Waals surface area contributed by atoms with E-state index in [1.807, 2.05) is 73.7 Å². The topological polar surface area (TPSA) is 44.8 Å². The SMILES string of the molecule is CCOc1ccc(Cc2cc([C@H]3CC(OCc4ccccc4)C=C(C=O)O3)ccc2Cl)cc1. The van der Waals surface area contributed by atoms with Gasteiger partial charge in [0.15, 0.2) is 12.0 Å². The Balaban J connectivity index is 1.48. The maximum absolute atomic E-state index is 11.5. The van der Waals surface area contributed by atoms with Crippen molar-refractivity contribution in [2.45, 2.75) is 38.6 Å². The van der Waals surface area contributed by atoms with Gasteiger partial charge in [0.1, 0.15) is 11.9 Å². The molecule has 0 bridgehead atoms. The van der Waals surface area contributed by atoms with Crippen LogP contribution in [0.5, 0.6) is 5.75 Å². The molecule has 0 fully saturated rings. The predicted octanol–water partition coefficient (Wildman–Crippen LogP) is 6.46. The van der Waals surface area contributed by atoms with Gasteiger partial charge in [-0.3, -0.25) is 4.79 Å². The van der Waals surface area contributed by atoms with Crippen LogP contribution in [0.3, 0.4) is 0 Å². The van der Waals surface area contributed by atoms with E-state index in [4.69, 9.17) is 25.8 Å². The minimum absolute atomic E-state index is 0.214. The van der Waals surface area contributed by atoms with Crippen LogP contribution in [0.1, 0.15) is 41.7 Å². The summed E-state index contributed by atoms with van der Waals surface area (Å²) in [6.45, 7) is 3.08. The summed E-state index contributed by atoms with van der Waals surface area (Å²) in [6, 6.07) is 23.9. The van der Waals surface area contributed by atoms with Crippen molar-refractivity contribution >= 4 is 17.9 Å². The van der Waals surface area contributed by atoms with Crippen LogP contribution >= 0.6 is 11.6 Å². The van der Waals surface area contributed by atoms with Gasteiger partial charge in [-0.1, -0.05) is 66.2 Å². The fourth-order valence-corrected chi connectivity index (χ4v) is 4.08. The molecular formula is C28H27ClO4. The quantitative estimate of drug-likeness (QED) is 0.342. The van der Waals surface area contributed by atoms with E-state index in [1.165, 1.54) is 0 Å². The van der Waals surface area contributed by atoms with Crippen LogP contribution in [0.25, 0.3) is 0 Å². The van der Waals surface area contributed by atoms with Gasteiger partial charge in [0, 0.05) is 11.4 Å². The summed E-state index contributed by atoms with van der Waals surface area (Å²) in [6.07, 6.45) is 3.30. The van der Waals surface area contributed by atoms with Gasteiger partial charge in [0.25, 0.3) is 0 Å². The number of carbonyl (C=O) groups excluding carboxylic acids is 1. The van der Waals surface area contributed by atoms with Gasteiger partial charge in [-0.15, -0.1) is 0 Å². The Labute approximate surface area is 199 Å². The number of ether oxygens (including phenoxy) is 3. The number of hydrogen-bond donors (Lipinski definition) is 0. The molecule has 3 aromatic rings. The molecule has 0 amide bonds. The Morgan fingerprint density at radius 1 is 1.03 bits per heavy atom. The summed E-state index contributed by atoms with van der Waals surface area (Å²) in [5.74, 6) is 1.15. The second-order valence-electron chi connectivity index (χ2n) is 7.97. The Morgan fingerprint density at radius 2 is 1.82 bits per heavy atom. The number of carbonyl (C=O) groups is 1. The van der Waals surface area contributed by atoms with Crippen molar-refractivity contribution < 1.29 is 19.0 Å². The van der Waals surface area contributed by atoms with Crippen molar-refractivity contribution in [2.75, 3.05) is 6.61 Å². The molecule has 0 saturated heterocycles. The highest BCUT2D eigenvalue weighted by Gasteiger charge is 2.26. The minimum Gasteiger partial charge on any atom is -0.494 e. The Kier molecular flexibility index (Phi) is 7.82. The van der Waals surface area contributed by atoms with Crippen molar-refractivity contribution in [3.63, 3.8) is 0 Å². The van der Waals surface area contributed by atoms with Gasteiger partial charge in [0.05, 0.1) is 19.3 Å². The van der Waals surface area contributed by atoms with Crippen LogP contribution in [0.4, 0.5) is 0 Å². The third kappa shape index (κ3) is 6.25. The molecular weight excluding hydrogens is 436 g/mol. The second kappa shape index (κ2) is 11.2. The lowest BCUT2D eigenvalue weighted by Crippen LogP contribution is -2.22. The van der Waals surface area contributed by atoms with E-state index in [9.17, 15) is 4.79 Å². The molecule has 1 unspecified atom stereocenters. The van der Waals surface area contributed by atoms with Gasteiger partial charge in [-0.05, 0) is 59.9 Å². The van der Waals surface area contributed by atoms with E-state index in [2.05, 4.69) is 6.07 Å². The number of benzene rings is 3. The fourth-order valence-electron chi connectivity index (χ4n) is 3.90. The van der Waals surface area contributed by atoms with Crippen molar-refractivity contribution in [3.8, 4) is 5.75 Å². The van der Waals surface area contributed by atoms with E-state index in [0.29, 0.717) is 36.8 Å². The highest BCUT2D eigenvalue weighted by atomic mass is 35.5. The molecule has 5 heteroatoms. The van der Waals surface area contributed by atoms with Crippen molar-refractivity contribution in [1.29, 1.82) is 0 Å². The first-order chi connectivity index (χ1) is 16.1. The normalized spacial score (nSPS) is 17.7. The van der Waals surface area contributed by atoms with Crippen molar-refractivity contribution in [1.82, 2.24) is 0 Å².